The van der Waals surface area contributed by atoms with E-state index < -0.39 is 5.97 Å². The van der Waals surface area contributed by atoms with Crippen molar-refractivity contribution in [1.29, 1.82) is 0 Å². The van der Waals surface area contributed by atoms with Crippen molar-refractivity contribution in [1.82, 2.24) is 5.32 Å². The second-order valence-corrected chi connectivity index (χ2v) is 5.90. The molecule has 2 N–H and O–H groups in total. The Hall–Kier alpha value is -1.06. The molecule has 0 aliphatic heterocycles. The SMILES string of the molecule is CC(C)C[C@H](CNC(=O)CC1CCC1)CC(=O)O. The maximum atomic E-state index is 11.7. The molecule has 1 rings (SSSR count). The Bertz CT molecular complexity index is 285. The molecule has 1 aliphatic rings. The number of carboxylic acids is 1. The molecule has 1 saturated carbocycles. The van der Waals surface area contributed by atoms with Gasteiger partial charge in [0.1, 0.15) is 0 Å². The smallest absolute Gasteiger partial charge is 0.303 e. The van der Waals surface area contributed by atoms with Crippen LogP contribution in [0.15, 0.2) is 0 Å². The van der Waals surface area contributed by atoms with Crippen molar-refractivity contribution in [3.05, 3.63) is 0 Å². The lowest BCUT2D eigenvalue weighted by atomic mass is 9.83. The Labute approximate surface area is 109 Å². The number of amides is 1. The van der Waals surface area contributed by atoms with Crippen LogP contribution >= 0.6 is 0 Å². The van der Waals surface area contributed by atoms with Gasteiger partial charge in [0.05, 0.1) is 0 Å². The summed E-state index contributed by atoms with van der Waals surface area (Å²) in [6.45, 7) is 4.64. The number of carbonyl (C=O) groups is 2. The molecule has 104 valence electrons. The summed E-state index contributed by atoms with van der Waals surface area (Å²) in [6, 6.07) is 0. The van der Waals surface area contributed by atoms with Crippen LogP contribution < -0.4 is 5.32 Å². The van der Waals surface area contributed by atoms with Crippen LogP contribution in [0, 0.1) is 17.8 Å². The molecule has 0 bridgehead atoms. The summed E-state index contributed by atoms with van der Waals surface area (Å²) in [5, 5.41) is 11.7. The molecule has 1 amide bonds. The van der Waals surface area contributed by atoms with Crippen molar-refractivity contribution in [3.63, 3.8) is 0 Å². The highest BCUT2D eigenvalue weighted by Gasteiger charge is 2.21. The quantitative estimate of drug-likeness (QED) is 0.700. The lowest BCUT2D eigenvalue weighted by Crippen LogP contribution is -2.33. The maximum absolute atomic E-state index is 11.7. The van der Waals surface area contributed by atoms with Crippen molar-refractivity contribution in [2.45, 2.75) is 52.4 Å². The second-order valence-electron chi connectivity index (χ2n) is 5.90. The highest BCUT2D eigenvalue weighted by Crippen LogP contribution is 2.29. The topological polar surface area (TPSA) is 66.4 Å². The molecule has 0 saturated heterocycles. The van der Waals surface area contributed by atoms with E-state index in [1.54, 1.807) is 0 Å². The molecule has 0 unspecified atom stereocenters. The number of carbonyl (C=O) groups excluding carboxylic acids is 1. The predicted molar refractivity (Wildman–Crippen MR) is 70.2 cm³/mol. The minimum Gasteiger partial charge on any atom is -0.481 e. The molecule has 0 aromatic rings. The fraction of sp³-hybridized carbons (Fsp3) is 0.857. The van der Waals surface area contributed by atoms with Gasteiger partial charge in [0.25, 0.3) is 0 Å². The van der Waals surface area contributed by atoms with Crippen LogP contribution in [-0.4, -0.2) is 23.5 Å². The standard InChI is InChI=1S/C14H25NO3/c1-10(2)6-12(8-14(17)18)9-15-13(16)7-11-4-3-5-11/h10-12H,3-9H2,1-2H3,(H,15,16)(H,17,18)/t12-/m0/s1. The molecule has 0 spiro atoms. The van der Waals surface area contributed by atoms with E-state index in [1.807, 2.05) is 0 Å². The van der Waals surface area contributed by atoms with Crippen LogP contribution in [0.25, 0.3) is 0 Å². The Balaban J connectivity index is 2.25. The summed E-state index contributed by atoms with van der Waals surface area (Å²) in [5.74, 6) is 0.367. The summed E-state index contributed by atoms with van der Waals surface area (Å²) >= 11 is 0. The van der Waals surface area contributed by atoms with Crippen molar-refractivity contribution in [2.24, 2.45) is 17.8 Å². The van der Waals surface area contributed by atoms with Gasteiger partial charge in [-0.3, -0.25) is 9.59 Å². The minimum atomic E-state index is -0.783. The highest BCUT2D eigenvalue weighted by molar-refractivity contribution is 5.76. The van der Waals surface area contributed by atoms with E-state index in [9.17, 15) is 9.59 Å². The zero-order chi connectivity index (χ0) is 13.5. The van der Waals surface area contributed by atoms with E-state index in [0.717, 1.165) is 19.3 Å². The molecule has 0 aromatic carbocycles. The van der Waals surface area contributed by atoms with Gasteiger partial charge >= 0.3 is 5.97 Å². The van der Waals surface area contributed by atoms with Gasteiger partial charge < -0.3 is 10.4 Å². The van der Waals surface area contributed by atoms with Crippen molar-refractivity contribution in [3.8, 4) is 0 Å². The van der Waals surface area contributed by atoms with Crippen LogP contribution in [0.5, 0.6) is 0 Å². The van der Waals surface area contributed by atoms with E-state index in [0.29, 0.717) is 24.8 Å². The molecule has 4 nitrogen and oxygen atoms in total. The Kier molecular flexibility index (Phi) is 6.16. The number of rotatable bonds is 8. The molecule has 0 radical (unpaired) electrons. The number of aliphatic carboxylic acids is 1. The number of hydrogen-bond donors (Lipinski definition) is 2. The molecule has 1 fully saturated rings. The first-order valence-electron chi connectivity index (χ1n) is 6.95. The summed E-state index contributed by atoms with van der Waals surface area (Å²) in [5.41, 5.74) is 0. The maximum Gasteiger partial charge on any atom is 0.303 e. The van der Waals surface area contributed by atoms with Crippen LogP contribution in [0.2, 0.25) is 0 Å². The van der Waals surface area contributed by atoms with Crippen LogP contribution in [0.3, 0.4) is 0 Å². The Morgan fingerprint density at radius 1 is 1.33 bits per heavy atom. The van der Waals surface area contributed by atoms with Gasteiger partial charge in [0, 0.05) is 19.4 Å². The number of nitrogens with one attached hydrogen (secondary N) is 1. The first-order valence-corrected chi connectivity index (χ1v) is 6.95. The van der Waals surface area contributed by atoms with E-state index in [4.69, 9.17) is 5.11 Å². The average molecular weight is 255 g/mol. The fourth-order valence-electron chi connectivity index (χ4n) is 2.44. The fourth-order valence-corrected chi connectivity index (χ4v) is 2.44. The van der Waals surface area contributed by atoms with Crippen LogP contribution in [0.1, 0.15) is 52.4 Å². The third-order valence-corrected chi connectivity index (χ3v) is 3.55. The molecular weight excluding hydrogens is 230 g/mol. The van der Waals surface area contributed by atoms with Gasteiger partial charge in [0.15, 0.2) is 0 Å². The molecule has 0 heterocycles. The second kappa shape index (κ2) is 7.39. The molecule has 4 heteroatoms. The molecule has 0 aromatic heterocycles. The lowest BCUT2D eigenvalue weighted by molar-refractivity contribution is -0.138. The van der Waals surface area contributed by atoms with E-state index in [1.165, 1.54) is 6.42 Å². The normalized spacial score (nSPS) is 17.3. The van der Waals surface area contributed by atoms with E-state index in [2.05, 4.69) is 19.2 Å². The lowest BCUT2D eigenvalue weighted by Gasteiger charge is -2.25. The highest BCUT2D eigenvalue weighted by atomic mass is 16.4. The van der Waals surface area contributed by atoms with E-state index >= 15 is 0 Å². The summed E-state index contributed by atoms with van der Waals surface area (Å²) in [6.07, 6.45) is 5.17. The van der Waals surface area contributed by atoms with Crippen LogP contribution in [0.4, 0.5) is 0 Å². The van der Waals surface area contributed by atoms with Gasteiger partial charge in [-0.05, 0) is 37.0 Å². The first kappa shape index (κ1) is 15.0. The number of hydrogen-bond acceptors (Lipinski definition) is 2. The third kappa shape index (κ3) is 6.03. The molecule has 18 heavy (non-hydrogen) atoms. The summed E-state index contributed by atoms with van der Waals surface area (Å²) in [7, 11) is 0. The summed E-state index contributed by atoms with van der Waals surface area (Å²) in [4.78, 5) is 22.4. The number of carboxylic acid groups (broad SMARTS) is 1. The van der Waals surface area contributed by atoms with Gasteiger partial charge in [-0.1, -0.05) is 20.3 Å². The average Bonchev–Trinajstić information content (AvgIpc) is 2.18. The van der Waals surface area contributed by atoms with Gasteiger partial charge in [-0.15, -0.1) is 0 Å². The van der Waals surface area contributed by atoms with Gasteiger partial charge in [-0.2, -0.15) is 0 Å². The third-order valence-electron chi connectivity index (χ3n) is 3.55. The van der Waals surface area contributed by atoms with Gasteiger partial charge in [-0.25, -0.2) is 0 Å². The first-order chi connectivity index (χ1) is 8.47. The zero-order valence-electron chi connectivity index (χ0n) is 11.4. The van der Waals surface area contributed by atoms with Crippen molar-refractivity contribution >= 4 is 11.9 Å². The minimum absolute atomic E-state index is 0.0489. The monoisotopic (exact) mass is 255 g/mol. The summed E-state index contributed by atoms with van der Waals surface area (Å²) < 4.78 is 0. The van der Waals surface area contributed by atoms with Gasteiger partial charge in [0.2, 0.25) is 5.91 Å². The van der Waals surface area contributed by atoms with E-state index in [-0.39, 0.29) is 18.2 Å². The Morgan fingerprint density at radius 3 is 2.44 bits per heavy atom. The van der Waals surface area contributed by atoms with Crippen molar-refractivity contribution < 1.29 is 14.7 Å². The largest absolute Gasteiger partial charge is 0.481 e. The molecule has 1 atom stereocenters. The molecular formula is C14H25NO3. The van der Waals surface area contributed by atoms with Crippen molar-refractivity contribution in [2.75, 3.05) is 6.54 Å². The molecule has 1 aliphatic carbocycles. The van der Waals surface area contributed by atoms with Crippen LogP contribution in [-0.2, 0) is 9.59 Å². The Morgan fingerprint density at radius 2 is 2.00 bits per heavy atom. The zero-order valence-corrected chi connectivity index (χ0v) is 11.4. The predicted octanol–water partition coefficient (Wildman–Crippen LogP) is 2.43.